The maximum absolute atomic E-state index is 11.9. The largest absolute Gasteiger partial charge is 0.351 e. The third-order valence-corrected chi connectivity index (χ3v) is 4.50. The van der Waals surface area contributed by atoms with Crippen LogP contribution in [0.15, 0.2) is 33.9 Å². The maximum Gasteiger partial charge on any atom is 0.318 e. The van der Waals surface area contributed by atoms with E-state index in [-0.39, 0.29) is 5.76 Å². The average Bonchev–Trinajstić information content (AvgIpc) is 3.04. The van der Waals surface area contributed by atoms with Crippen molar-refractivity contribution in [2.45, 2.75) is 6.92 Å². The quantitative estimate of drug-likeness (QED) is 0.694. The van der Waals surface area contributed by atoms with Crippen LogP contribution in [0.3, 0.4) is 0 Å². The second kappa shape index (κ2) is 4.88. The first-order chi connectivity index (χ1) is 9.58. The molecule has 1 aromatic carbocycles. The number of nitrogens with zero attached hydrogens (tertiary/aromatic N) is 3. The molecule has 3 rings (SSSR count). The van der Waals surface area contributed by atoms with E-state index < -0.39 is 5.91 Å². The van der Waals surface area contributed by atoms with Crippen molar-refractivity contribution in [3.05, 3.63) is 45.5 Å². The minimum atomic E-state index is -0.451. The molecular formula is C13H10ClN3O2S. The van der Waals surface area contributed by atoms with Gasteiger partial charge in [0.2, 0.25) is 5.76 Å². The number of carbonyl (C=O) groups excluding carboxylic acids is 1. The van der Waals surface area contributed by atoms with Crippen molar-refractivity contribution in [3.63, 3.8) is 0 Å². The van der Waals surface area contributed by atoms with Gasteiger partial charge in [-0.3, -0.25) is 4.79 Å². The predicted octanol–water partition coefficient (Wildman–Crippen LogP) is 2.93. The van der Waals surface area contributed by atoms with Crippen molar-refractivity contribution in [1.29, 1.82) is 0 Å². The van der Waals surface area contributed by atoms with Crippen LogP contribution < -0.4 is 4.80 Å². The van der Waals surface area contributed by atoms with Gasteiger partial charge >= 0.3 is 5.91 Å². The Bertz CT molecular complexity index is 862. The SMILES string of the molecule is Cc1c(Cl)ccc2sc(=NC(=O)c3ccno3)n(C)c12. The molecule has 0 aliphatic rings. The first kappa shape index (κ1) is 13.1. The summed E-state index contributed by atoms with van der Waals surface area (Å²) >= 11 is 7.55. The van der Waals surface area contributed by atoms with Gasteiger partial charge in [0.1, 0.15) is 0 Å². The highest BCUT2D eigenvalue weighted by Crippen LogP contribution is 2.26. The lowest BCUT2D eigenvalue weighted by molar-refractivity contribution is 0.0962. The molecule has 0 N–H and O–H groups in total. The molecule has 0 spiro atoms. The van der Waals surface area contributed by atoms with E-state index in [1.54, 1.807) is 0 Å². The summed E-state index contributed by atoms with van der Waals surface area (Å²) in [6.45, 7) is 1.94. The fraction of sp³-hybridized carbons (Fsp3) is 0.154. The normalized spacial score (nSPS) is 12.2. The van der Waals surface area contributed by atoms with Crippen LogP contribution in [0.2, 0.25) is 5.02 Å². The van der Waals surface area contributed by atoms with Crippen LogP contribution in [0.5, 0.6) is 0 Å². The number of amides is 1. The van der Waals surface area contributed by atoms with Crippen molar-refractivity contribution in [2.24, 2.45) is 12.0 Å². The summed E-state index contributed by atoms with van der Waals surface area (Å²) < 4.78 is 7.69. The van der Waals surface area contributed by atoms with Crippen molar-refractivity contribution in [3.8, 4) is 0 Å². The standard InChI is InChI=1S/C13H10ClN3O2S/c1-7-8(14)3-4-10-11(7)17(2)13(20-10)16-12(18)9-5-6-15-19-9/h3-6H,1-2H3. The second-order valence-electron chi connectivity index (χ2n) is 4.26. The van der Waals surface area contributed by atoms with Crippen LogP contribution in [0.4, 0.5) is 0 Å². The molecule has 0 fully saturated rings. The zero-order valence-electron chi connectivity index (χ0n) is 10.8. The fourth-order valence-electron chi connectivity index (χ4n) is 1.98. The highest BCUT2D eigenvalue weighted by atomic mass is 35.5. The zero-order valence-corrected chi connectivity index (χ0v) is 12.3. The number of hydrogen-bond donors (Lipinski definition) is 0. The molecule has 0 bridgehead atoms. The van der Waals surface area contributed by atoms with E-state index in [2.05, 4.69) is 10.1 Å². The monoisotopic (exact) mass is 307 g/mol. The lowest BCUT2D eigenvalue weighted by Gasteiger charge is -2.01. The van der Waals surface area contributed by atoms with Crippen LogP contribution in [-0.2, 0) is 7.05 Å². The summed E-state index contributed by atoms with van der Waals surface area (Å²) in [6, 6.07) is 5.26. The maximum atomic E-state index is 11.9. The molecule has 0 radical (unpaired) electrons. The summed E-state index contributed by atoms with van der Waals surface area (Å²) in [4.78, 5) is 16.6. The third-order valence-electron chi connectivity index (χ3n) is 3.00. The number of thiazole rings is 1. The summed E-state index contributed by atoms with van der Waals surface area (Å²) in [5.74, 6) is -0.328. The van der Waals surface area contributed by atoms with Crippen LogP contribution in [0.1, 0.15) is 16.1 Å². The number of carbonyl (C=O) groups is 1. The summed E-state index contributed by atoms with van der Waals surface area (Å²) in [5, 5.41) is 4.19. The molecule has 0 saturated carbocycles. The smallest absolute Gasteiger partial charge is 0.318 e. The van der Waals surface area contributed by atoms with Gasteiger partial charge in [-0.2, -0.15) is 4.99 Å². The van der Waals surface area contributed by atoms with E-state index in [4.69, 9.17) is 16.1 Å². The van der Waals surface area contributed by atoms with Crippen molar-refractivity contribution >= 4 is 39.1 Å². The Labute approximate surface area is 123 Å². The highest BCUT2D eigenvalue weighted by molar-refractivity contribution is 7.16. The summed E-state index contributed by atoms with van der Waals surface area (Å²) in [6.07, 6.45) is 1.41. The Morgan fingerprint density at radius 2 is 2.25 bits per heavy atom. The van der Waals surface area contributed by atoms with Gasteiger partial charge in [-0.15, -0.1) is 0 Å². The Morgan fingerprint density at radius 3 is 2.95 bits per heavy atom. The molecule has 3 aromatic rings. The zero-order chi connectivity index (χ0) is 14.3. The Balaban J connectivity index is 2.21. The van der Waals surface area contributed by atoms with Gasteiger partial charge in [0.25, 0.3) is 0 Å². The number of fused-ring (bicyclic) bond motifs is 1. The lowest BCUT2D eigenvalue weighted by Crippen LogP contribution is -2.13. The first-order valence-corrected chi connectivity index (χ1v) is 7.02. The average molecular weight is 308 g/mol. The molecule has 7 heteroatoms. The molecule has 20 heavy (non-hydrogen) atoms. The summed E-state index contributed by atoms with van der Waals surface area (Å²) in [7, 11) is 1.86. The van der Waals surface area contributed by atoms with Crippen LogP contribution in [0.25, 0.3) is 10.2 Å². The number of rotatable bonds is 1. The van der Waals surface area contributed by atoms with E-state index in [9.17, 15) is 4.79 Å². The molecule has 0 aliphatic carbocycles. The van der Waals surface area contributed by atoms with Gasteiger partial charge in [-0.25, -0.2) is 0 Å². The topological polar surface area (TPSA) is 60.4 Å². The van der Waals surface area contributed by atoms with E-state index >= 15 is 0 Å². The number of aryl methyl sites for hydroxylation is 2. The molecule has 2 heterocycles. The fourth-order valence-corrected chi connectivity index (χ4v) is 3.21. The van der Waals surface area contributed by atoms with E-state index in [0.29, 0.717) is 9.82 Å². The molecule has 1 amide bonds. The third kappa shape index (κ3) is 2.07. The van der Waals surface area contributed by atoms with Gasteiger partial charge in [-0.05, 0) is 24.6 Å². The number of halogens is 1. The minimum Gasteiger partial charge on any atom is -0.351 e. The highest BCUT2D eigenvalue weighted by Gasteiger charge is 2.12. The van der Waals surface area contributed by atoms with E-state index in [1.807, 2.05) is 30.7 Å². The molecule has 2 aromatic heterocycles. The molecule has 102 valence electrons. The Morgan fingerprint density at radius 1 is 1.45 bits per heavy atom. The van der Waals surface area contributed by atoms with Gasteiger partial charge in [0, 0.05) is 18.1 Å². The van der Waals surface area contributed by atoms with Gasteiger partial charge < -0.3 is 9.09 Å². The second-order valence-corrected chi connectivity index (χ2v) is 5.67. The molecular weight excluding hydrogens is 298 g/mol. The van der Waals surface area contributed by atoms with Gasteiger partial charge in [0.15, 0.2) is 4.80 Å². The van der Waals surface area contributed by atoms with Crippen molar-refractivity contribution in [1.82, 2.24) is 9.72 Å². The van der Waals surface area contributed by atoms with E-state index in [1.165, 1.54) is 23.6 Å². The van der Waals surface area contributed by atoms with Crippen LogP contribution in [0, 0.1) is 6.92 Å². The molecule has 0 unspecified atom stereocenters. The van der Waals surface area contributed by atoms with Crippen LogP contribution >= 0.6 is 22.9 Å². The van der Waals surface area contributed by atoms with Crippen LogP contribution in [-0.4, -0.2) is 15.6 Å². The van der Waals surface area contributed by atoms with E-state index in [0.717, 1.165) is 15.8 Å². The van der Waals surface area contributed by atoms with Gasteiger partial charge in [0.05, 0.1) is 16.4 Å². The molecule has 0 atom stereocenters. The lowest BCUT2D eigenvalue weighted by atomic mass is 10.2. The number of hydrogen-bond acceptors (Lipinski definition) is 4. The number of aromatic nitrogens is 2. The van der Waals surface area contributed by atoms with Crippen molar-refractivity contribution in [2.75, 3.05) is 0 Å². The van der Waals surface area contributed by atoms with Crippen molar-refractivity contribution < 1.29 is 9.32 Å². The molecule has 0 aliphatic heterocycles. The van der Waals surface area contributed by atoms with Gasteiger partial charge in [-0.1, -0.05) is 28.1 Å². The minimum absolute atomic E-state index is 0.122. The Hall–Kier alpha value is -1.92. The Kier molecular flexibility index (Phi) is 3.19. The molecule has 5 nitrogen and oxygen atoms in total. The first-order valence-electron chi connectivity index (χ1n) is 5.82. The molecule has 0 saturated heterocycles. The summed E-state index contributed by atoms with van der Waals surface area (Å²) in [5.41, 5.74) is 1.95. The predicted molar refractivity (Wildman–Crippen MR) is 76.9 cm³/mol. The number of benzene rings is 1.